The Morgan fingerprint density at radius 2 is 1.67 bits per heavy atom. The molecule has 0 spiro atoms. The van der Waals surface area contributed by atoms with E-state index >= 15 is 0 Å². The Kier molecular flexibility index (Phi) is 3.06. The van der Waals surface area contributed by atoms with E-state index in [9.17, 15) is 15.3 Å². The molecule has 1 fully saturated rings. The van der Waals surface area contributed by atoms with E-state index in [0.29, 0.717) is 6.42 Å². The summed E-state index contributed by atoms with van der Waals surface area (Å²) in [6.07, 6.45) is -3.18. The molecule has 4 heteroatoms. The van der Waals surface area contributed by atoms with Gasteiger partial charge < -0.3 is 20.1 Å². The molecule has 0 amide bonds. The summed E-state index contributed by atoms with van der Waals surface area (Å²) in [6, 6.07) is 0. The van der Waals surface area contributed by atoms with Gasteiger partial charge in [0, 0.05) is 0 Å². The van der Waals surface area contributed by atoms with Gasteiger partial charge in [0.15, 0.2) is 0 Å². The van der Waals surface area contributed by atoms with E-state index in [1.165, 1.54) is 0 Å². The average molecular weight is 176 g/mol. The van der Waals surface area contributed by atoms with Crippen LogP contribution in [-0.2, 0) is 4.74 Å². The van der Waals surface area contributed by atoms with Crippen LogP contribution in [0.5, 0.6) is 0 Å². The van der Waals surface area contributed by atoms with E-state index in [1.807, 2.05) is 6.92 Å². The molecule has 1 aliphatic rings. The Labute approximate surface area is 71.8 Å². The van der Waals surface area contributed by atoms with Crippen LogP contribution >= 0.6 is 0 Å². The molecule has 0 aromatic rings. The molecule has 12 heavy (non-hydrogen) atoms. The highest BCUT2D eigenvalue weighted by atomic mass is 16.5. The van der Waals surface area contributed by atoms with Gasteiger partial charge in [-0.3, -0.25) is 0 Å². The van der Waals surface area contributed by atoms with Crippen LogP contribution < -0.4 is 0 Å². The molecule has 0 aromatic carbocycles. The number of hydrogen-bond donors (Lipinski definition) is 3. The minimum absolute atomic E-state index is 0.363. The van der Waals surface area contributed by atoms with Gasteiger partial charge in [-0.15, -0.1) is 0 Å². The first-order chi connectivity index (χ1) is 5.57. The highest BCUT2D eigenvalue weighted by Gasteiger charge is 2.40. The number of rotatable bonds is 1. The highest BCUT2D eigenvalue weighted by Crippen LogP contribution is 2.22. The van der Waals surface area contributed by atoms with Crippen molar-refractivity contribution in [2.75, 3.05) is 0 Å². The highest BCUT2D eigenvalue weighted by molar-refractivity contribution is 4.89. The maximum absolute atomic E-state index is 9.39. The minimum atomic E-state index is -1.08. The molecule has 2 unspecified atom stereocenters. The van der Waals surface area contributed by atoms with Crippen molar-refractivity contribution in [3.8, 4) is 0 Å². The zero-order valence-electron chi connectivity index (χ0n) is 7.34. The number of hydrogen-bond acceptors (Lipinski definition) is 4. The SMILES string of the molecule is CC[C@@H]1OC(C)[C@@H](O)[C@H](O)C1O. The first-order valence-corrected chi connectivity index (χ1v) is 4.27. The summed E-state index contributed by atoms with van der Waals surface area (Å²) < 4.78 is 5.27. The largest absolute Gasteiger partial charge is 0.388 e. The van der Waals surface area contributed by atoms with Crippen molar-refractivity contribution < 1.29 is 20.1 Å². The summed E-state index contributed by atoms with van der Waals surface area (Å²) in [5.74, 6) is 0. The Bertz CT molecular complexity index is 145. The third-order valence-corrected chi connectivity index (χ3v) is 2.35. The molecule has 3 N–H and O–H groups in total. The van der Waals surface area contributed by atoms with Crippen LogP contribution in [0, 0.1) is 0 Å². The predicted molar refractivity (Wildman–Crippen MR) is 42.6 cm³/mol. The second-order valence-corrected chi connectivity index (χ2v) is 3.26. The standard InChI is InChI=1S/C8H16O4/c1-3-5-7(10)8(11)6(9)4(2)12-5/h4-11H,3H2,1-2H3/t4?,5-,6+,7?,8-/m0/s1. The molecule has 5 atom stereocenters. The molecule has 1 heterocycles. The zero-order chi connectivity index (χ0) is 9.30. The number of ether oxygens (including phenoxy) is 1. The number of aliphatic hydroxyl groups excluding tert-OH is 3. The summed E-state index contributed by atoms with van der Waals surface area (Å²) >= 11 is 0. The second kappa shape index (κ2) is 3.70. The summed E-state index contributed by atoms with van der Waals surface area (Å²) in [6.45, 7) is 3.55. The Morgan fingerprint density at radius 1 is 1.08 bits per heavy atom. The maximum Gasteiger partial charge on any atom is 0.111 e. The van der Waals surface area contributed by atoms with Crippen molar-refractivity contribution in [1.82, 2.24) is 0 Å². The van der Waals surface area contributed by atoms with E-state index in [1.54, 1.807) is 6.92 Å². The summed E-state index contributed by atoms with van der Waals surface area (Å²) in [5.41, 5.74) is 0. The molecule has 0 saturated carbocycles. The summed E-state index contributed by atoms with van der Waals surface area (Å²) in [5, 5.41) is 28.0. The first kappa shape index (κ1) is 9.92. The predicted octanol–water partition coefficient (Wildman–Crippen LogP) is -0.734. The third kappa shape index (κ3) is 1.61. The van der Waals surface area contributed by atoms with Gasteiger partial charge in [0.1, 0.15) is 18.3 Å². The van der Waals surface area contributed by atoms with Gasteiger partial charge in [0.05, 0.1) is 12.2 Å². The van der Waals surface area contributed by atoms with E-state index in [2.05, 4.69) is 0 Å². The van der Waals surface area contributed by atoms with E-state index in [4.69, 9.17) is 4.74 Å². The van der Waals surface area contributed by atoms with Crippen molar-refractivity contribution in [2.24, 2.45) is 0 Å². The molecule has 1 saturated heterocycles. The van der Waals surface area contributed by atoms with Gasteiger partial charge >= 0.3 is 0 Å². The monoisotopic (exact) mass is 176 g/mol. The lowest BCUT2D eigenvalue weighted by molar-refractivity contribution is -0.217. The van der Waals surface area contributed by atoms with Crippen LogP contribution in [0.3, 0.4) is 0 Å². The molecule has 4 nitrogen and oxygen atoms in total. The van der Waals surface area contributed by atoms with Gasteiger partial charge in [0.25, 0.3) is 0 Å². The fourth-order valence-electron chi connectivity index (χ4n) is 1.47. The molecule has 0 aromatic heterocycles. The normalized spacial score (nSPS) is 49.2. The molecule has 1 aliphatic heterocycles. The van der Waals surface area contributed by atoms with Crippen molar-refractivity contribution in [1.29, 1.82) is 0 Å². The fourth-order valence-corrected chi connectivity index (χ4v) is 1.47. The second-order valence-electron chi connectivity index (χ2n) is 3.26. The fraction of sp³-hybridized carbons (Fsp3) is 1.00. The Hall–Kier alpha value is -0.160. The molecule has 0 radical (unpaired) electrons. The van der Waals surface area contributed by atoms with Gasteiger partial charge in [-0.25, -0.2) is 0 Å². The van der Waals surface area contributed by atoms with Crippen molar-refractivity contribution in [3.05, 3.63) is 0 Å². The van der Waals surface area contributed by atoms with Gasteiger partial charge in [-0.1, -0.05) is 6.92 Å². The maximum atomic E-state index is 9.39. The van der Waals surface area contributed by atoms with Crippen LogP contribution in [-0.4, -0.2) is 45.8 Å². The molecule has 1 rings (SSSR count). The lowest BCUT2D eigenvalue weighted by atomic mass is 9.94. The van der Waals surface area contributed by atoms with Gasteiger partial charge in [-0.05, 0) is 13.3 Å². The van der Waals surface area contributed by atoms with Crippen LogP contribution in [0.2, 0.25) is 0 Å². The van der Waals surface area contributed by atoms with Gasteiger partial charge in [-0.2, -0.15) is 0 Å². The van der Waals surface area contributed by atoms with Gasteiger partial charge in [0.2, 0.25) is 0 Å². The van der Waals surface area contributed by atoms with Crippen molar-refractivity contribution >= 4 is 0 Å². The third-order valence-electron chi connectivity index (χ3n) is 2.35. The molecule has 0 bridgehead atoms. The Morgan fingerprint density at radius 3 is 2.17 bits per heavy atom. The number of aliphatic hydroxyl groups is 3. The topological polar surface area (TPSA) is 69.9 Å². The van der Waals surface area contributed by atoms with Crippen molar-refractivity contribution in [2.45, 2.75) is 50.8 Å². The smallest absolute Gasteiger partial charge is 0.111 e. The molecular formula is C8H16O4. The lowest BCUT2D eigenvalue weighted by Gasteiger charge is -2.39. The van der Waals surface area contributed by atoms with Crippen LogP contribution in [0.25, 0.3) is 0 Å². The van der Waals surface area contributed by atoms with Crippen molar-refractivity contribution in [3.63, 3.8) is 0 Å². The zero-order valence-corrected chi connectivity index (χ0v) is 7.34. The lowest BCUT2D eigenvalue weighted by Crippen LogP contribution is -2.56. The summed E-state index contributed by atoms with van der Waals surface area (Å²) in [7, 11) is 0. The molecular weight excluding hydrogens is 160 g/mol. The van der Waals surface area contributed by atoms with E-state index in [0.717, 1.165) is 0 Å². The minimum Gasteiger partial charge on any atom is -0.388 e. The molecule has 72 valence electrons. The van der Waals surface area contributed by atoms with E-state index in [-0.39, 0.29) is 6.10 Å². The van der Waals surface area contributed by atoms with Crippen LogP contribution in [0.15, 0.2) is 0 Å². The van der Waals surface area contributed by atoms with Crippen LogP contribution in [0.4, 0.5) is 0 Å². The van der Waals surface area contributed by atoms with E-state index < -0.39 is 24.4 Å². The average Bonchev–Trinajstić information content (AvgIpc) is 2.08. The molecule has 0 aliphatic carbocycles. The first-order valence-electron chi connectivity index (χ1n) is 4.27. The Balaban J connectivity index is 2.63. The summed E-state index contributed by atoms with van der Waals surface area (Å²) in [4.78, 5) is 0. The van der Waals surface area contributed by atoms with Crippen LogP contribution in [0.1, 0.15) is 20.3 Å². The quantitative estimate of drug-likeness (QED) is 0.492.